The number of benzene rings is 2. The van der Waals surface area contributed by atoms with Crippen molar-refractivity contribution in [2.45, 2.75) is 40.5 Å². The van der Waals surface area contributed by atoms with E-state index in [-0.39, 0.29) is 0 Å². The normalized spacial score (nSPS) is 13.5. The summed E-state index contributed by atoms with van der Waals surface area (Å²) in [6, 6.07) is 10.9. The molecule has 1 aliphatic rings. The van der Waals surface area contributed by atoms with Crippen molar-refractivity contribution in [3.8, 4) is 0 Å². The summed E-state index contributed by atoms with van der Waals surface area (Å²) in [6.45, 7) is 13.9. The monoisotopic (exact) mass is 372 g/mol. The van der Waals surface area contributed by atoms with Gasteiger partial charge in [0.05, 0.1) is 0 Å². The smallest absolute Gasteiger partial charge is 0.161 e. The van der Waals surface area contributed by atoms with Crippen LogP contribution >= 0.6 is 0 Å². The molecular formula is C23H30F2N2. The van der Waals surface area contributed by atoms with Gasteiger partial charge in [0.1, 0.15) is 0 Å². The maximum absolute atomic E-state index is 13.5. The summed E-state index contributed by atoms with van der Waals surface area (Å²) in [5.74, 6) is -0.948. The minimum atomic E-state index is -0.832. The minimum absolute atomic E-state index is 0.293. The van der Waals surface area contributed by atoms with Gasteiger partial charge in [0.15, 0.2) is 11.6 Å². The van der Waals surface area contributed by atoms with E-state index >= 15 is 0 Å². The van der Waals surface area contributed by atoms with E-state index < -0.39 is 11.6 Å². The lowest BCUT2D eigenvalue weighted by Crippen LogP contribution is -2.45. The molecule has 0 atom stereocenters. The highest BCUT2D eigenvalue weighted by molar-refractivity contribution is 5.60. The third kappa shape index (κ3) is 5.81. The first-order valence-electron chi connectivity index (χ1n) is 9.56. The van der Waals surface area contributed by atoms with Crippen molar-refractivity contribution < 1.29 is 8.78 Å². The molecule has 2 nitrogen and oxygen atoms in total. The predicted octanol–water partition coefficient (Wildman–Crippen LogP) is 6.44. The molecule has 0 spiro atoms. The van der Waals surface area contributed by atoms with E-state index in [0.717, 1.165) is 30.9 Å². The van der Waals surface area contributed by atoms with Gasteiger partial charge in [-0.1, -0.05) is 39.0 Å². The number of allylic oxidation sites excluding steroid dienone is 1. The molecule has 0 saturated carbocycles. The number of hydrogen-bond acceptors (Lipinski definition) is 2. The molecule has 1 N–H and O–H groups in total. The number of hydrogen-bond donors (Lipinski definition) is 1. The Bertz CT molecular complexity index is 739. The van der Waals surface area contributed by atoms with E-state index in [1.807, 2.05) is 19.1 Å². The van der Waals surface area contributed by atoms with Crippen LogP contribution in [0.15, 0.2) is 48.7 Å². The average Bonchev–Trinajstić information content (AvgIpc) is 2.57. The lowest BCUT2D eigenvalue weighted by Gasteiger charge is -2.41. The first-order chi connectivity index (χ1) is 12.8. The van der Waals surface area contributed by atoms with Crippen molar-refractivity contribution in [3.05, 3.63) is 71.4 Å². The summed E-state index contributed by atoms with van der Waals surface area (Å²) >= 11 is 0. The highest BCUT2D eigenvalue weighted by Crippen LogP contribution is 2.25. The Balaban J connectivity index is 0.000000817. The average molecular weight is 373 g/mol. The summed E-state index contributed by atoms with van der Waals surface area (Å²) in [7, 11) is 0. The zero-order chi connectivity index (χ0) is 20.0. The fourth-order valence-electron chi connectivity index (χ4n) is 3.03. The van der Waals surface area contributed by atoms with Crippen molar-refractivity contribution >= 4 is 11.4 Å². The first-order valence-corrected chi connectivity index (χ1v) is 9.56. The Morgan fingerprint density at radius 3 is 2.22 bits per heavy atom. The SMILES string of the molecule is C=C(C)N1CC(Cc2ccc(Nc3cc(C)c(F)c(F)c3)cc2)C1.CCC. The van der Waals surface area contributed by atoms with E-state index in [0.29, 0.717) is 17.2 Å². The number of nitrogens with one attached hydrogen (secondary N) is 1. The number of halogens is 2. The van der Waals surface area contributed by atoms with Gasteiger partial charge in [-0.25, -0.2) is 8.78 Å². The van der Waals surface area contributed by atoms with Crippen LogP contribution in [0.3, 0.4) is 0 Å². The molecule has 0 radical (unpaired) electrons. The molecule has 0 bridgehead atoms. The Hall–Kier alpha value is -2.36. The highest BCUT2D eigenvalue weighted by atomic mass is 19.2. The standard InChI is InChI=1S/C20H22F2N2.C3H8/c1-13(2)24-11-16(12-24)9-15-4-6-17(7-5-15)23-18-8-14(3)20(22)19(21)10-18;1-3-2/h4-8,10,16,23H,1,9,11-12H2,2-3H3;3H2,1-2H3. The van der Waals surface area contributed by atoms with Crippen LogP contribution in [0.1, 0.15) is 38.3 Å². The Kier molecular flexibility index (Phi) is 7.40. The van der Waals surface area contributed by atoms with E-state index in [1.54, 1.807) is 13.0 Å². The minimum Gasteiger partial charge on any atom is -0.375 e. The number of aryl methyl sites for hydroxylation is 1. The van der Waals surface area contributed by atoms with Crippen LogP contribution in [0.4, 0.5) is 20.2 Å². The predicted molar refractivity (Wildman–Crippen MR) is 110 cm³/mol. The van der Waals surface area contributed by atoms with Crippen molar-refractivity contribution in [1.29, 1.82) is 0 Å². The lowest BCUT2D eigenvalue weighted by molar-refractivity contribution is 0.144. The van der Waals surface area contributed by atoms with Crippen LogP contribution < -0.4 is 5.32 Å². The third-order valence-electron chi connectivity index (χ3n) is 4.47. The Labute approximate surface area is 161 Å². The van der Waals surface area contributed by atoms with Crippen LogP contribution in [-0.4, -0.2) is 18.0 Å². The molecule has 1 heterocycles. The lowest BCUT2D eigenvalue weighted by atomic mass is 9.92. The summed E-state index contributed by atoms with van der Waals surface area (Å²) in [4.78, 5) is 2.28. The number of likely N-dealkylation sites (tertiary alicyclic amines) is 1. The van der Waals surface area contributed by atoms with Crippen molar-refractivity contribution in [3.63, 3.8) is 0 Å². The summed E-state index contributed by atoms with van der Waals surface area (Å²) in [5.41, 5.74) is 4.12. The zero-order valence-electron chi connectivity index (χ0n) is 16.8. The molecule has 146 valence electrons. The van der Waals surface area contributed by atoms with Gasteiger partial charge in [0, 0.05) is 36.2 Å². The number of rotatable bonds is 5. The van der Waals surface area contributed by atoms with Gasteiger partial charge >= 0.3 is 0 Å². The van der Waals surface area contributed by atoms with Gasteiger partial charge in [-0.3, -0.25) is 0 Å². The van der Waals surface area contributed by atoms with Gasteiger partial charge in [0.2, 0.25) is 0 Å². The van der Waals surface area contributed by atoms with Crippen LogP contribution in [0.2, 0.25) is 0 Å². The van der Waals surface area contributed by atoms with E-state index in [1.165, 1.54) is 18.1 Å². The van der Waals surface area contributed by atoms with E-state index in [4.69, 9.17) is 0 Å². The van der Waals surface area contributed by atoms with Gasteiger partial charge < -0.3 is 10.2 Å². The highest BCUT2D eigenvalue weighted by Gasteiger charge is 2.25. The zero-order valence-corrected chi connectivity index (χ0v) is 16.8. The summed E-state index contributed by atoms with van der Waals surface area (Å²) in [6.07, 6.45) is 2.30. The molecule has 2 aromatic carbocycles. The van der Waals surface area contributed by atoms with Gasteiger partial charge in [0.25, 0.3) is 0 Å². The molecule has 2 aromatic rings. The summed E-state index contributed by atoms with van der Waals surface area (Å²) < 4.78 is 26.8. The molecule has 1 saturated heterocycles. The summed E-state index contributed by atoms with van der Waals surface area (Å²) in [5, 5.41) is 3.12. The van der Waals surface area contributed by atoms with Crippen LogP contribution in [-0.2, 0) is 6.42 Å². The fraction of sp³-hybridized carbons (Fsp3) is 0.391. The van der Waals surface area contributed by atoms with Crippen molar-refractivity contribution in [1.82, 2.24) is 4.90 Å². The van der Waals surface area contributed by atoms with Gasteiger partial charge in [-0.2, -0.15) is 0 Å². The first kappa shape index (κ1) is 20.9. The second-order valence-corrected chi connectivity index (χ2v) is 7.33. The molecule has 27 heavy (non-hydrogen) atoms. The van der Waals surface area contributed by atoms with Crippen LogP contribution in [0, 0.1) is 24.5 Å². The van der Waals surface area contributed by atoms with Crippen LogP contribution in [0.5, 0.6) is 0 Å². The third-order valence-corrected chi connectivity index (χ3v) is 4.47. The molecule has 0 aliphatic carbocycles. The molecule has 1 aliphatic heterocycles. The quantitative estimate of drug-likeness (QED) is 0.649. The molecule has 3 rings (SSSR count). The topological polar surface area (TPSA) is 15.3 Å². The molecule has 0 aromatic heterocycles. The molecule has 4 heteroatoms. The van der Waals surface area contributed by atoms with Gasteiger partial charge in [-0.15, -0.1) is 0 Å². The fourth-order valence-corrected chi connectivity index (χ4v) is 3.03. The van der Waals surface area contributed by atoms with E-state index in [9.17, 15) is 8.78 Å². The number of nitrogens with zero attached hydrogens (tertiary/aromatic N) is 1. The second-order valence-electron chi connectivity index (χ2n) is 7.33. The van der Waals surface area contributed by atoms with Crippen molar-refractivity contribution in [2.24, 2.45) is 5.92 Å². The maximum atomic E-state index is 13.5. The van der Waals surface area contributed by atoms with E-state index in [2.05, 4.69) is 42.8 Å². The number of anilines is 2. The van der Waals surface area contributed by atoms with Crippen LogP contribution in [0.25, 0.3) is 0 Å². The molecule has 0 amide bonds. The van der Waals surface area contributed by atoms with Crippen molar-refractivity contribution in [2.75, 3.05) is 18.4 Å². The second kappa shape index (κ2) is 9.54. The molecular weight excluding hydrogens is 342 g/mol. The maximum Gasteiger partial charge on any atom is 0.161 e. The molecule has 0 unspecified atom stereocenters. The Morgan fingerprint density at radius 2 is 1.70 bits per heavy atom. The Morgan fingerprint density at radius 1 is 1.11 bits per heavy atom. The molecule has 1 fully saturated rings. The van der Waals surface area contributed by atoms with Gasteiger partial charge in [-0.05, 0) is 55.5 Å². The largest absolute Gasteiger partial charge is 0.375 e.